The number of halogens is 6. The van der Waals surface area contributed by atoms with Crippen molar-refractivity contribution in [1.29, 1.82) is 0 Å². The number of anilines is 1. The van der Waals surface area contributed by atoms with Gasteiger partial charge in [-0.05, 0) is 100.0 Å². The molecule has 6 rings (SSSR count). The van der Waals surface area contributed by atoms with Crippen molar-refractivity contribution in [3.05, 3.63) is 121 Å². The fourth-order valence-corrected chi connectivity index (χ4v) is 8.52. The number of nitrogens with zero attached hydrogens (tertiary/aromatic N) is 2. The third-order valence-electron chi connectivity index (χ3n) is 8.88. The highest BCUT2D eigenvalue weighted by Crippen LogP contribution is 2.46. The van der Waals surface area contributed by atoms with Crippen molar-refractivity contribution < 1.29 is 45.4 Å². The molecular weight excluding hydrogens is 780 g/mol. The molecule has 2 fully saturated rings. The Hall–Kier alpha value is -3.98. The van der Waals surface area contributed by atoms with Gasteiger partial charge in [-0.3, -0.25) is 4.79 Å². The molecule has 0 bridgehead atoms. The number of amides is 1. The molecular formula is C36H30BrClF4N2O6S. The van der Waals surface area contributed by atoms with Crippen LogP contribution in [0.3, 0.4) is 0 Å². The zero-order valence-electron chi connectivity index (χ0n) is 26.9. The molecule has 268 valence electrons. The van der Waals surface area contributed by atoms with Gasteiger partial charge in [0.15, 0.2) is 23.3 Å². The van der Waals surface area contributed by atoms with Crippen molar-refractivity contribution in [2.24, 2.45) is 0 Å². The van der Waals surface area contributed by atoms with Crippen molar-refractivity contribution in [3.63, 3.8) is 0 Å². The minimum absolute atomic E-state index is 0.0130. The fraction of sp³-hybridized carbons (Fsp3) is 0.278. The fourth-order valence-electron chi connectivity index (χ4n) is 5.88. The van der Waals surface area contributed by atoms with Gasteiger partial charge in [-0.1, -0.05) is 48.0 Å². The first-order valence-electron chi connectivity index (χ1n) is 15.8. The standard InChI is InChI=1S/C36H30BrClF4N2O6S/c1-50-28-15-22(36(46)47)10-11-27(28)44(16-19-12-24(20-6-7-20)14-25(13-19)21-8-9-21)29(45)18-43(17-23-4-2-3-5-26(23)38)51(48,49)35-30(37)31(39)32(40)33(41)34(35)42/h2-5,10-15,20-21H,6-9,16-18H2,1H3,(H,46,47). The third kappa shape index (κ3) is 7.64. The van der Waals surface area contributed by atoms with Crippen LogP contribution in [-0.4, -0.2) is 43.4 Å². The van der Waals surface area contributed by atoms with Crippen LogP contribution in [0, 0.1) is 23.3 Å². The van der Waals surface area contributed by atoms with Crippen molar-refractivity contribution in [2.75, 3.05) is 18.6 Å². The number of benzene rings is 4. The summed E-state index contributed by atoms with van der Waals surface area (Å²) in [5, 5.41) is 9.68. The van der Waals surface area contributed by atoms with Gasteiger partial charge < -0.3 is 14.7 Å². The Balaban J connectivity index is 1.47. The van der Waals surface area contributed by atoms with Crippen molar-refractivity contribution in [2.45, 2.75) is 55.5 Å². The molecule has 0 radical (unpaired) electrons. The van der Waals surface area contributed by atoms with E-state index in [4.69, 9.17) is 16.3 Å². The highest BCUT2D eigenvalue weighted by atomic mass is 79.9. The lowest BCUT2D eigenvalue weighted by Gasteiger charge is -2.29. The number of hydrogen-bond donors (Lipinski definition) is 1. The Labute approximate surface area is 304 Å². The second-order valence-electron chi connectivity index (χ2n) is 12.5. The molecule has 0 spiro atoms. The van der Waals surface area contributed by atoms with Crippen LogP contribution in [0.4, 0.5) is 23.2 Å². The van der Waals surface area contributed by atoms with Crippen molar-refractivity contribution >= 4 is 55.1 Å². The summed E-state index contributed by atoms with van der Waals surface area (Å²) in [6.07, 6.45) is 4.08. The molecule has 4 aromatic rings. The quantitative estimate of drug-likeness (QED) is 0.0826. The number of sulfonamides is 1. The monoisotopic (exact) mass is 808 g/mol. The molecule has 0 aliphatic heterocycles. The van der Waals surface area contributed by atoms with Gasteiger partial charge >= 0.3 is 5.97 Å². The molecule has 1 N–H and O–H groups in total. The Morgan fingerprint density at radius 3 is 2.06 bits per heavy atom. The second kappa shape index (κ2) is 14.6. The predicted octanol–water partition coefficient (Wildman–Crippen LogP) is 8.54. The molecule has 0 atom stereocenters. The lowest BCUT2D eigenvalue weighted by Crippen LogP contribution is -2.43. The third-order valence-corrected chi connectivity index (χ3v) is 12.1. The van der Waals surface area contributed by atoms with Gasteiger partial charge in [-0.25, -0.2) is 30.8 Å². The van der Waals surface area contributed by atoms with E-state index in [-0.39, 0.29) is 34.1 Å². The van der Waals surface area contributed by atoms with E-state index in [1.165, 1.54) is 48.4 Å². The van der Waals surface area contributed by atoms with E-state index in [1.54, 1.807) is 6.07 Å². The average Bonchev–Trinajstić information content (AvgIpc) is 4.03. The molecule has 2 aliphatic carbocycles. The number of methoxy groups -OCH3 is 1. The topological polar surface area (TPSA) is 104 Å². The van der Waals surface area contributed by atoms with Gasteiger partial charge in [0.05, 0.1) is 35.9 Å². The van der Waals surface area contributed by atoms with Crippen molar-refractivity contribution in [1.82, 2.24) is 4.31 Å². The second-order valence-corrected chi connectivity index (χ2v) is 15.6. The summed E-state index contributed by atoms with van der Waals surface area (Å²) in [4.78, 5) is 25.9. The summed E-state index contributed by atoms with van der Waals surface area (Å²) < 4.78 is 91.6. The van der Waals surface area contributed by atoms with Crippen LogP contribution < -0.4 is 9.64 Å². The van der Waals surface area contributed by atoms with Crippen LogP contribution in [0.25, 0.3) is 0 Å². The molecule has 0 aromatic heterocycles. The summed E-state index contributed by atoms with van der Waals surface area (Å²) in [7, 11) is -4.05. The SMILES string of the molecule is COc1cc(C(=O)O)ccc1N(Cc1cc(C2CC2)cc(C2CC2)c1)C(=O)CN(Cc1ccccc1Cl)S(=O)(=O)c1c(F)c(F)c(F)c(F)c1Br. The molecule has 15 heteroatoms. The number of carboxylic acids is 1. The first kappa shape index (κ1) is 36.8. The van der Waals surface area contributed by atoms with E-state index in [0.717, 1.165) is 42.4 Å². The lowest BCUT2D eigenvalue weighted by molar-refractivity contribution is -0.119. The van der Waals surface area contributed by atoms with E-state index in [1.807, 2.05) is 12.1 Å². The van der Waals surface area contributed by atoms with Crippen molar-refractivity contribution in [3.8, 4) is 5.75 Å². The molecule has 2 saturated carbocycles. The molecule has 0 saturated heterocycles. The van der Waals surface area contributed by atoms with Crippen LogP contribution >= 0.6 is 27.5 Å². The molecule has 0 unspecified atom stereocenters. The van der Waals surface area contributed by atoms with E-state index >= 15 is 4.39 Å². The molecule has 51 heavy (non-hydrogen) atoms. The zero-order valence-corrected chi connectivity index (χ0v) is 30.1. The number of carbonyl (C=O) groups is 2. The van der Waals surface area contributed by atoms with Crippen LogP contribution in [0.15, 0.2) is 70.0 Å². The Bertz CT molecular complexity index is 2100. The average molecular weight is 810 g/mol. The van der Waals surface area contributed by atoms with Gasteiger partial charge in [0.2, 0.25) is 15.9 Å². The minimum Gasteiger partial charge on any atom is -0.495 e. The van der Waals surface area contributed by atoms with Gasteiger partial charge in [0.1, 0.15) is 10.6 Å². The summed E-state index contributed by atoms with van der Waals surface area (Å²) in [6, 6.07) is 15.9. The largest absolute Gasteiger partial charge is 0.495 e. The maximum atomic E-state index is 15.2. The van der Waals surface area contributed by atoms with Crippen LogP contribution in [0.2, 0.25) is 5.02 Å². The maximum Gasteiger partial charge on any atom is 0.335 e. The van der Waals surface area contributed by atoms with E-state index in [9.17, 15) is 36.3 Å². The molecule has 4 aromatic carbocycles. The summed E-state index contributed by atoms with van der Waals surface area (Å²) in [6.45, 7) is -1.80. The molecule has 0 heterocycles. The number of carboxylic acid groups (broad SMARTS) is 1. The Kier molecular flexibility index (Phi) is 10.5. The molecule has 8 nitrogen and oxygen atoms in total. The van der Waals surface area contributed by atoms with E-state index in [2.05, 4.69) is 22.0 Å². The van der Waals surface area contributed by atoms with Crippen LogP contribution in [0.1, 0.15) is 70.1 Å². The number of ether oxygens (including phenoxy) is 1. The van der Waals surface area contributed by atoms with E-state index in [0.29, 0.717) is 16.1 Å². The van der Waals surface area contributed by atoms with Crippen LogP contribution in [-0.2, 0) is 27.9 Å². The number of aromatic carboxylic acids is 1. The predicted molar refractivity (Wildman–Crippen MR) is 185 cm³/mol. The number of carbonyl (C=O) groups excluding carboxylic acids is 1. The summed E-state index contributed by atoms with van der Waals surface area (Å²) in [5.74, 6) is -10.2. The normalized spacial score (nSPS) is 14.5. The number of rotatable bonds is 13. The highest BCUT2D eigenvalue weighted by molar-refractivity contribution is 9.10. The first-order chi connectivity index (χ1) is 24.2. The number of hydrogen-bond acceptors (Lipinski definition) is 5. The maximum absolute atomic E-state index is 15.2. The minimum atomic E-state index is -5.33. The van der Waals surface area contributed by atoms with Gasteiger partial charge in [0.25, 0.3) is 0 Å². The first-order valence-corrected chi connectivity index (χ1v) is 18.4. The molecule has 2 aliphatic rings. The van der Waals surface area contributed by atoms with Gasteiger partial charge in [-0.2, -0.15) is 4.31 Å². The smallest absolute Gasteiger partial charge is 0.335 e. The van der Waals surface area contributed by atoms with E-state index < -0.39 is 67.6 Å². The lowest BCUT2D eigenvalue weighted by atomic mass is 9.99. The van der Waals surface area contributed by atoms with Gasteiger partial charge in [0, 0.05) is 11.6 Å². The Morgan fingerprint density at radius 1 is 0.882 bits per heavy atom. The van der Waals surface area contributed by atoms with Crippen LogP contribution in [0.5, 0.6) is 5.75 Å². The highest BCUT2D eigenvalue weighted by Gasteiger charge is 2.38. The van der Waals surface area contributed by atoms with Gasteiger partial charge in [-0.15, -0.1) is 0 Å². The summed E-state index contributed by atoms with van der Waals surface area (Å²) >= 11 is 8.90. The Morgan fingerprint density at radius 2 is 1.49 bits per heavy atom. The summed E-state index contributed by atoms with van der Waals surface area (Å²) in [5.41, 5.74) is 3.06. The molecule has 1 amide bonds. The zero-order chi connectivity index (χ0) is 36.8.